The highest BCUT2D eigenvalue weighted by molar-refractivity contribution is 8.14. The summed E-state index contributed by atoms with van der Waals surface area (Å²) in [7, 11) is 3.58. The van der Waals surface area contributed by atoms with Gasteiger partial charge in [-0.25, -0.2) is 0 Å². The van der Waals surface area contributed by atoms with Gasteiger partial charge < -0.3 is 10.2 Å². The highest BCUT2D eigenvalue weighted by Gasteiger charge is 2.29. The van der Waals surface area contributed by atoms with Crippen LogP contribution in [0.3, 0.4) is 0 Å². The quantitative estimate of drug-likeness (QED) is 0.837. The lowest BCUT2D eigenvalue weighted by atomic mass is 10.1. The van der Waals surface area contributed by atoms with Crippen molar-refractivity contribution >= 4 is 41.2 Å². The van der Waals surface area contributed by atoms with Crippen LogP contribution in [0.2, 0.25) is 0 Å². The highest BCUT2D eigenvalue weighted by atomic mass is 35.5. The Morgan fingerprint density at radius 1 is 1.39 bits per heavy atom. The Kier molecular flexibility index (Phi) is 7.54. The van der Waals surface area contributed by atoms with Gasteiger partial charge in [0.05, 0.1) is 12.3 Å². The predicted molar refractivity (Wildman–Crippen MR) is 93.0 cm³/mol. The molecule has 1 aromatic carbocycles. The largest absolute Gasteiger partial charge is 0.340 e. The Morgan fingerprint density at radius 2 is 2.13 bits per heavy atom. The lowest BCUT2D eigenvalue weighted by molar-refractivity contribution is -0.125. The Labute approximate surface area is 146 Å². The molecule has 0 bridgehead atoms. The molecular formula is C15H20ClN3O3S. The molecule has 1 aliphatic rings. The van der Waals surface area contributed by atoms with Crippen LogP contribution in [0.25, 0.3) is 0 Å². The van der Waals surface area contributed by atoms with Crippen LogP contribution in [-0.4, -0.2) is 59.8 Å². The fourth-order valence-corrected chi connectivity index (χ4v) is 2.85. The fourth-order valence-electron chi connectivity index (χ4n) is 2.12. The number of nitrogens with zero attached hydrogens (tertiary/aromatic N) is 2. The molecule has 3 amide bonds. The molecule has 1 aliphatic heterocycles. The lowest BCUT2D eigenvalue weighted by Gasteiger charge is -2.18. The molecule has 0 saturated carbocycles. The van der Waals surface area contributed by atoms with Gasteiger partial charge in [-0.15, -0.1) is 12.4 Å². The standard InChI is InChI=1S/C15H19N3O3S.ClH/c1-16-6-7-17(2)14(20)12-5-3-4-11(8-12)9-18-13(19)10-22-15(18)21;/h3-5,8,16H,6-7,9-10H2,1-2H3;1H. The molecule has 0 aliphatic carbocycles. The predicted octanol–water partition coefficient (Wildman–Crippen LogP) is 1.60. The van der Waals surface area contributed by atoms with Gasteiger partial charge in [-0.1, -0.05) is 23.9 Å². The van der Waals surface area contributed by atoms with Crippen molar-refractivity contribution in [1.29, 1.82) is 0 Å². The topological polar surface area (TPSA) is 69.7 Å². The Bertz CT molecular complexity index is 581. The molecule has 0 atom stereocenters. The maximum absolute atomic E-state index is 12.3. The van der Waals surface area contributed by atoms with Crippen molar-refractivity contribution in [3.63, 3.8) is 0 Å². The summed E-state index contributed by atoms with van der Waals surface area (Å²) in [5.74, 6) is -0.0621. The number of halogens is 1. The number of rotatable bonds is 6. The Balaban J connectivity index is 0.00000264. The van der Waals surface area contributed by atoms with Gasteiger partial charge in [0, 0.05) is 25.7 Å². The number of carbonyl (C=O) groups excluding carboxylic acids is 3. The summed E-state index contributed by atoms with van der Waals surface area (Å²) < 4.78 is 0. The first kappa shape index (κ1) is 19.5. The monoisotopic (exact) mass is 357 g/mol. The van der Waals surface area contributed by atoms with Crippen LogP contribution in [0.4, 0.5) is 4.79 Å². The third kappa shape index (κ3) is 4.95. The molecule has 1 aromatic rings. The summed E-state index contributed by atoms with van der Waals surface area (Å²) in [4.78, 5) is 38.4. The van der Waals surface area contributed by atoms with Crippen molar-refractivity contribution in [1.82, 2.24) is 15.1 Å². The number of carbonyl (C=O) groups is 3. The zero-order valence-corrected chi connectivity index (χ0v) is 14.7. The van der Waals surface area contributed by atoms with Crippen molar-refractivity contribution in [2.24, 2.45) is 0 Å². The molecule has 23 heavy (non-hydrogen) atoms. The van der Waals surface area contributed by atoms with Gasteiger partial charge in [0.2, 0.25) is 5.91 Å². The van der Waals surface area contributed by atoms with E-state index in [4.69, 9.17) is 0 Å². The summed E-state index contributed by atoms with van der Waals surface area (Å²) in [5, 5.41) is 2.77. The molecule has 0 aromatic heterocycles. The van der Waals surface area contributed by atoms with Gasteiger partial charge in [-0.3, -0.25) is 19.3 Å². The van der Waals surface area contributed by atoms with Crippen LogP contribution in [0, 0.1) is 0 Å². The van der Waals surface area contributed by atoms with Crippen molar-refractivity contribution in [3.05, 3.63) is 35.4 Å². The minimum absolute atomic E-state index is 0. The molecule has 1 N–H and O–H groups in total. The molecule has 8 heteroatoms. The molecular weight excluding hydrogens is 338 g/mol. The van der Waals surface area contributed by atoms with Crippen LogP contribution in [0.1, 0.15) is 15.9 Å². The third-order valence-corrected chi connectivity index (χ3v) is 4.26. The van der Waals surface area contributed by atoms with E-state index in [0.717, 1.165) is 23.9 Å². The maximum Gasteiger partial charge on any atom is 0.289 e. The molecule has 1 saturated heterocycles. The average Bonchev–Trinajstić information content (AvgIpc) is 2.84. The first-order chi connectivity index (χ1) is 10.5. The molecule has 6 nitrogen and oxygen atoms in total. The van der Waals surface area contributed by atoms with Gasteiger partial charge in [-0.2, -0.15) is 0 Å². The molecule has 1 heterocycles. The van der Waals surface area contributed by atoms with Crippen LogP contribution in [0.15, 0.2) is 24.3 Å². The Morgan fingerprint density at radius 3 is 2.74 bits per heavy atom. The van der Waals surface area contributed by atoms with E-state index in [-0.39, 0.29) is 41.8 Å². The highest BCUT2D eigenvalue weighted by Crippen LogP contribution is 2.21. The smallest absolute Gasteiger partial charge is 0.289 e. The van der Waals surface area contributed by atoms with E-state index in [1.807, 2.05) is 13.1 Å². The van der Waals surface area contributed by atoms with E-state index < -0.39 is 0 Å². The summed E-state index contributed by atoms with van der Waals surface area (Å²) in [5.41, 5.74) is 1.33. The van der Waals surface area contributed by atoms with Crippen molar-refractivity contribution in [2.75, 3.05) is 32.9 Å². The zero-order valence-electron chi connectivity index (χ0n) is 13.1. The second-order valence-corrected chi connectivity index (χ2v) is 5.99. The third-order valence-electron chi connectivity index (χ3n) is 3.40. The van der Waals surface area contributed by atoms with Gasteiger partial charge in [0.15, 0.2) is 0 Å². The van der Waals surface area contributed by atoms with E-state index >= 15 is 0 Å². The second-order valence-electron chi connectivity index (χ2n) is 5.07. The number of thioether (sulfide) groups is 1. The molecule has 2 rings (SSSR count). The van der Waals surface area contributed by atoms with Crippen LogP contribution < -0.4 is 5.32 Å². The lowest BCUT2D eigenvalue weighted by Crippen LogP contribution is -2.33. The first-order valence-corrected chi connectivity index (χ1v) is 7.97. The molecule has 0 radical (unpaired) electrons. The molecule has 1 fully saturated rings. The number of amides is 3. The summed E-state index contributed by atoms with van der Waals surface area (Å²) in [6.45, 7) is 1.54. The van der Waals surface area contributed by atoms with Crippen LogP contribution >= 0.6 is 24.2 Å². The van der Waals surface area contributed by atoms with E-state index in [1.165, 1.54) is 4.90 Å². The van der Waals surface area contributed by atoms with Crippen LogP contribution in [0.5, 0.6) is 0 Å². The fraction of sp³-hybridized carbons (Fsp3) is 0.400. The average molecular weight is 358 g/mol. The zero-order chi connectivity index (χ0) is 16.1. The number of hydrogen-bond acceptors (Lipinski definition) is 5. The van der Waals surface area contributed by atoms with Gasteiger partial charge >= 0.3 is 0 Å². The number of hydrogen-bond donors (Lipinski definition) is 1. The molecule has 0 spiro atoms. The summed E-state index contributed by atoms with van der Waals surface area (Å²) in [6, 6.07) is 7.06. The maximum atomic E-state index is 12.3. The van der Waals surface area contributed by atoms with Gasteiger partial charge in [0.1, 0.15) is 0 Å². The van der Waals surface area contributed by atoms with Crippen molar-refractivity contribution in [2.45, 2.75) is 6.54 Å². The number of benzene rings is 1. The Hall–Kier alpha value is -1.57. The van der Waals surface area contributed by atoms with Crippen LogP contribution in [-0.2, 0) is 11.3 Å². The number of nitrogens with one attached hydrogen (secondary N) is 1. The first-order valence-electron chi connectivity index (χ1n) is 6.99. The van der Waals surface area contributed by atoms with Gasteiger partial charge in [0.25, 0.3) is 11.1 Å². The molecule has 0 unspecified atom stereocenters. The van der Waals surface area contributed by atoms with Crippen molar-refractivity contribution in [3.8, 4) is 0 Å². The minimum Gasteiger partial charge on any atom is -0.340 e. The normalized spacial score (nSPS) is 13.9. The minimum atomic E-state index is -0.229. The van der Waals surface area contributed by atoms with E-state index in [1.54, 1.807) is 30.1 Å². The summed E-state index contributed by atoms with van der Waals surface area (Å²) in [6.07, 6.45) is 0. The van der Waals surface area contributed by atoms with E-state index in [9.17, 15) is 14.4 Å². The molecule has 126 valence electrons. The summed E-state index contributed by atoms with van der Waals surface area (Å²) >= 11 is 1.01. The number of likely N-dealkylation sites (N-methyl/N-ethyl adjacent to an activating group) is 2. The second kappa shape index (κ2) is 8.90. The van der Waals surface area contributed by atoms with Crippen molar-refractivity contribution < 1.29 is 14.4 Å². The SMILES string of the molecule is CNCCN(C)C(=O)c1cccc(CN2C(=O)CSC2=O)c1.Cl. The van der Waals surface area contributed by atoms with E-state index in [0.29, 0.717) is 12.1 Å². The van der Waals surface area contributed by atoms with E-state index in [2.05, 4.69) is 5.32 Å². The number of imide groups is 1. The van der Waals surface area contributed by atoms with Gasteiger partial charge in [-0.05, 0) is 24.7 Å².